The lowest BCUT2D eigenvalue weighted by Gasteiger charge is -2.32. The van der Waals surface area contributed by atoms with Crippen LogP contribution in [-0.2, 0) is 4.79 Å². The van der Waals surface area contributed by atoms with Crippen molar-refractivity contribution in [3.8, 4) is 0 Å². The Bertz CT molecular complexity index is 241. The second-order valence-electron chi connectivity index (χ2n) is 4.86. The van der Waals surface area contributed by atoms with Crippen molar-refractivity contribution in [3.05, 3.63) is 0 Å². The SMILES string of the molecule is CCCNC(C)(CN(CC)C1CC1)C(=O)O. The van der Waals surface area contributed by atoms with Crippen LogP contribution in [0.25, 0.3) is 0 Å². The zero-order valence-electron chi connectivity index (χ0n) is 10.6. The molecule has 1 unspecified atom stereocenters. The van der Waals surface area contributed by atoms with E-state index in [2.05, 4.69) is 17.1 Å². The first-order valence-corrected chi connectivity index (χ1v) is 6.26. The standard InChI is InChI=1S/C12H24N2O2/c1-4-8-13-12(3,11(15)16)9-14(5-2)10-6-7-10/h10,13H,4-9H2,1-3H3,(H,15,16). The lowest BCUT2D eigenvalue weighted by atomic mass is 10.0. The summed E-state index contributed by atoms with van der Waals surface area (Å²) in [6.07, 6.45) is 3.40. The second kappa shape index (κ2) is 5.64. The first-order chi connectivity index (χ1) is 7.53. The van der Waals surface area contributed by atoms with E-state index in [0.29, 0.717) is 12.6 Å². The molecule has 0 aromatic heterocycles. The monoisotopic (exact) mass is 228 g/mol. The van der Waals surface area contributed by atoms with E-state index in [0.717, 1.165) is 19.5 Å². The van der Waals surface area contributed by atoms with Gasteiger partial charge in [0, 0.05) is 12.6 Å². The fraction of sp³-hybridized carbons (Fsp3) is 0.917. The molecule has 0 aliphatic heterocycles. The van der Waals surface area contributed by atoms with Crippen molar-refractivity contribution in [3.63, 3.8) is 0 Å². The fourth-order valence-electron chi connectivity index (χ4n) is 1.94. The van der Waals surface area contributed by atoms with E-state index in [1.54, 1.807) is 6.92 Å². The van der Waals surface area contributed by atoms with Crippen molar-refractivity contribution in [2.45, 2.75) is 51.6 Å². The Kier molecular flexibility index (Phi) is 4.74. The van der Waals surface area contributed by atoms with Gasteiger partial charge in [-0.2, -0.15) is 0 Å². The van der Waals surface area contributed by atoms with Crippen LogP contribution >= 0.6 is 0 Å². The van der Waals surface area contributed by atoms with E-state index in [9.17, 15) is 9.90 Å². The fourth-order valence-corrected chi connectivity index (χ4v) is 1.94. The topological polar surface area (TPSA) is 52.6 Å². The molecule has 1 atom stereocenters. The van der Waals surface area contributed by atoms with Crippen molar-refractivity contribution >= 4 is 5.97 Å². The van der Waals surface area contributed by atoms with Crippen molar-refractivity contribution < 1.29 is 9.90 Å². The van der Waals surface area contributed by atoms with Crippen LogP contribution in [0.4, 0.5) is 0 Å². The van der Waals surface area contributed by atoms with Crippen LogP contribution in [0, 0.1) is 0 Å². The number of aliphatic carboxylic acids is 1. The molecule has 0 heterocycles. The molecule has 16 heavy (non-hydrogen) atoms. The first kappa shape index (κ1) is 13.5. The predicted molar refractivity (Wildman–Crippen MR) is 64.6 cm³/mol. The van der Waals surface area contributed by atoms with E-state index in [4.69, 9.17) is 0 Å². The van der Waals surface area contributed by atoms with Gasteiger partial charge in [-0.3, -0.25) is 9.69 Å². The zero-order valence-corrected chi connectivity index (χ0v) is 10.6. The maximum Gasteiger partial charge on any atom is 0.324 e. The van der Waals surface area contributed by atoms with Gasteiger partial charge in [0.15, 0.2) is 0 Å². The van der Waals surface area contributed by atoms with E-state index >= 15 is 0 Å². The maximum absolute atomic E-state index is 11.3. The summed E-state index contributed by atoms with van der Waals surface area (Å²) in [6.45, 7) is 8.22. The molecule has 1 aliphatic rings. The average molecular weight is 228 g/mol. The average Bonchev–Trinajstić information content (AvgIpc) is 3.06. The van der Waals surface area contributed by atoms with Gasteiger partial charge in [-0.15, -0.1) is 0 Å². The van der Waals surface area contributed by atoms with Crippen LogP contribution in [0.2, 0.25) is 0 Å². The summed E-state index contributed by atoms with van der Waals surface area (Å²) in [7, 11) is 0. The molecule has 2 N–H and O–H groups in total. The van der Waals surface area contributed by atoms with Crippen molar-refractivity contribution in [1.82, 2.24) is 10.2 Å². The molecular weight excluding hydrogens is 204 g/mol. The number of nitrogens with zero attached hydrogens (tertiary/aromatic N) is 1. The number of carbonyl (C=O) groups is 1. The third kappa shape index (κ3) is 3.46. The van der Waals surface area contributed by atoms with Gasteiger partial charge in [-0.1, -0.05) is 13.8 Å². The Morgan fingerprint density at radius 3 is 2.50 bits per heavy atom. The lowest BCUT2D eigenvalue weighted by Crippen LogP contribution is -2.57. The highest BCUT2D eigenvalue weighted by Crippen LogP contribution is 2.27. The lowest BCUT2D eigenvalue weighted by molar-refractivity contribution is -0.145. The Morgan fingerprint density at radius 2 is 2.12 bits per heavy atom. The van der Waals surface area contributed by atoms with Crippen LogP contribution in [-0.4, -0.2) is 47.2 Å². The highest BCUT2D eigenvalue weighted by Gasteiger charge is 2.38. The van der Waals surface area contributed by atoms with Crippen LogP contribution in [0.5, 0.6) is 0 Å². The highest BCUT2D eigenvalue weighted by atomic mass is 16.4. The molecule has 0 amide bonds. The maximum atomic E-state index is 11.3. The number of rotatable bonds is 8. The minimum atomic E-state index is -0.811. The van der Waals surface area contributed by atoms with Gasteiger partial charge >= 0.3 is 5.97 Å². The summed E-state index contributed by atoms with van der Waals surface area (Å²) in [4.78, 5) is 13.6. The molecule has 1 saturated carbocycles. The Hall–Kier alpha value is -0.610. The van der Waals surface area contributed by atoms with Crippen LogP contribution < -0.4 is 5.32 Å². The van der Waals surface area contributed by atoms with Gasteiger partial charge in [0.2, 0.25) is 0 Å². The van der Waals surface area contributed by atoms with E-state index in [-0.39, 0.29) is 0 Å². The summed E-state index contributed by atoms with van der Waals surface area (Å²) in [5.41, 5.74) is -0.811. The van der Waals surface area contributed by atoms with E-state index in [1.165, 1.54) is 12.8 Å². The van der Waals surface area contributed by atoms with Crippen LogP contribution in [0.15, 0.2) is 0 Å². The number of carboxylic acid groups (broad SMARTS) is 1. The summed E-state index contributed by atoms with van der Waals surface area (Å²) >= 11 is 0. The quantitative estimate of drug-likeness (QED) is 0.658. The zero-order chi connectivity index (χ0) is 12.2. The number of nitrogens with one attached hydrogen (secondary N) is 1. The number of hydrogen-bond acceptors (Lipinski definition) is 3. The van der Waals surface area contributed by atoms with Gasteiger partial charge in [0.1, 0.15) is 5.54 Å². The van der Waals surface area contributed by atoms with Crippen molar-refractivity contribution in [1.29, 1.82) is 0 Å². The molecule has 0 aromatic rings. The van der Waals surface area contributed by atoms with Gasteiger partial charge in [0.05, 0.1) is 0 Å². The molecule has 0 aromatic carbocycles. The minimum absolute atomic E-state index is 0.601. The molecule has 4 nitrogen and oxygen atoms in total. The summed E-state index contributed by atoms with van der Waals surface area (Å²) < 4.78 is 0. The highest BCUT2D eigenvalue weighted by molar-refractivity contribution is 5.78. The number of likely N-dealkylation sites (N-methyl/N-ethyl adjacent to an activating group) is 1. The third-order valence-corrected chi connectivity index (χ3v) is 3.23. The second-order valence-corrected chi connectivity index (χ2v) is 4.86. The molecule has 1 aliphatic carbocycles. The molecule has 1 rings (SSSR count). The predicted octanol–water partition coefficient (Wildman–Crippen LogP) is 1.31. The summed E-state index contributed by atoms with van der Waals surface area (Å²) in [5.74, 6) is -0.750. The summed E-state index contributed by atoms with van der Waals surface area (Å²) in [5, 5.41) is 12.5. The van der Waals surface area contributed by atoms with Crippen molar-refractivity contribution in [2.24, 2.45) is 0 Å². The largest absolute Gasteiger partial charge is 0.480 e. The molecule has 0 spiro atoms. The van der Waals surface area contributed by atoms with Gasteiger partial charge < -0.3 is 10.4 Å². The molecule has 4 heteroatoms. The van der Waals surface area contributed by atoms with Crippen LogP contribution in [0.1, 0.15) is 40.0 Å². The van der Waals surface area contributed by atoms with Gasteiger partial charge in [0.25, 0.3) is 0 Å². The Balaban J connectivity index is 2.57. The Morgan fingerprint density at radius 1 is 1.50 bits per heavy atom. The first-order valence-electron chi connectivity index (χ1n) is 6.26. The van der Waals surface area contributed by atoms with Crippen molar-refractivity contribution in [2.75, 3.05) is 19.6 Å². The Labute approximate surface area is 98.0 Å². The molecular formula is C12H24N2O2. The molecule has 0 radical (unpaired) electrons. The summed E-state index contributed by atoms with van der Waals surface area (Å²) in [6, 6.07) is 0.618. The smallest absolute Gasteiger partial charge is 0.324 e. The van der Waals surface area contributed by atoms with E-state index < -0.39 is 11.5 Å². The molecule has 94 valence electrons. The minimum Gasteiger partial charge on any atom is -0.480 e. The third-order valence-electron chi connectivity index (χ3n) is 3.23. The van der Waals surface area contributed by atoms with E-state index in [1.807, 2.05) is 6.92 Å². The number of hydrogen-bond donors (Lipinski definition) is 2. The normalized spacial score (nSPS) is 19.8. The molecule has 0 bridgehead atoms. The molecule has 1 fully saturated rings. The van der Waals surface area contributed by atoms with Crippen LogP contribution in [0.3, 0.4) is 0 Å². The van der Waals surface area contributed by atoms with Gasteiger partial charge in [-0.25, -0.2) is 0 Å². The molecule has 0 saturated heterocycles. The number of carboxylic acids is 1. The van der Waals surface area contributed by atoms with Gasteiger partial charge in [-0.05, 0) is 39.3 Å².